The van der Waals surface area contributed by atoms with Gasteiger partial charge < -0.3 is 5.32 Å². The van der Waals surface area contributed by atoms with Gasteiger partial charge in [-0.15, -0.1) is 0 Å². The Labute approximate surface area is 205 Å². The molecule has 2 aromatic carbocycles. The van der Waals surface area contributed by atoms with Gasteiger partial charge in [-0.2, -0.15) is 4.31 Å². The van der Waals surface area contributed by atoms with Gasteiger partial charge in [-0.25, -0.2) is 21.8 Å². The average molecular weight is 548 g/mol. The number of anilines is 1. The van der Waals surface area contributed by atoms with E-state index in [4.69, 9.17) is 23.2 Å². The summed E-state index contributed by atoms with van der Waals surface area (Å²) in [5, 5.41) is 3.89. The van der Waals surface area contributed by atoms with Gasteiger partial charge >= 0.3 is 0 Å². The number of fused-ring (bicyclic) bond motifs is 1. The molecule has 3 aromatic rings. The van der Waals surface area contributed by atoms with Crippen LogP contribution in [0.3, 0.4) is 0 Å². The van der Waals surface area contributed by atoms with Crippen molar-refractivity contribution in [2.24, 2.45) is 5.92 Å². The summed E-state index contributed by atoms with van der Waals surface area (Å²) in [7, 11) is -7.42. The fourth-order valence-electron chi connectivity index (χ4n) is 3.57. The predicted octanol–water partition coefficient (Wildman–Crippen LogP) is 4.05. The Morgan fingerprint density at radius 3 is 2.42 bits per heavy atom. The summed E-state index contributed by atoms with van der Waals surface area (Å²) in [5.74, 6) is -0.628. The number of halogens is 2. The number of aromatic nitrogens is 1. The standard InChI is InChI=1S/C20H19Cl2N3O5S3/c1-32(27,28)13-3-2-4-14(11-13)33(29,30)25-9-7-12(8-10-25)19(26)24-20-23-18-16(31-20)6-5-15(21)17(18)22/h2-6,11-12H,7-10H2,1H3,(H,23,24,26). The maximum absolute atomic E-state index is 13.0. The molecule has 0 atom stereocenters. The van der Waals surface area contributed by atoms with Crippen molar-refractivity contribution < 1.29 is 21.6 Å². The van der Waals surface area contributed by atoms with Crippen LogP contribution in [0.4, 0.5) is 5.13 Å². The molecule has 0 radical (unpaired) electrons. The van der Waals surface area contributed by atoms with Gasteiger partial charge in [0.05, 0.1) is 24.5 Å². The molecule has 1 fully saturated rings. The number of hydrogen-bond donors (Lipinski definition) is 1. The van der Waals surface area contributed by atoms with Crippen molar-refractivity contribution in [3.8, 4) is 0 Å². The predicted molar refractivity (Wildman–Crippen MR) is 129 cm³/mol. The lowest BCUT2D eigenvalue weighted by Gasteiger charge is -2.30. The summed E-state index contributed by atoms with van der Waals surface area (Å²) in [5.41, 5.74) is 0.515. The third-order valence-electron chi connectivity index (χ3n) is 5.38. The average Bonchev–Trinajstić information content (AvgIpc) is 3.19. The first-order valence-electron chi connectivity index (χ1n) is 9.82. The minimum Gasteiger partial charge on any atom is -0.302 e. The molecule has 0 saturated carbocycles. The molecule has 13 heteroatoms. The van der Waals surface area contributed by atoms with Crippen LogP contribution in [0.5, 0.6) is 0 Å². The van der Waals surface area contributed by atoms with Crippen LogP contribution < -0.4 is 5.32 Å². The van der Waals surface area contributed by atoms with E-state index in [0.29, 0.717) is 33.5 Å². The molecule has 1 N–H and O–H groups in total. The number of rotatable bonds is 5. The van der Waals surface area contributed by atoms with Gasteiger partial charge in [-0.3, -0.25) is 4.79 Å². The second-order valence-corrected chi connectivity index (χ2v) is 13.4. The van der Waals surface area contributed by atoms with Crippen molar-refractivity contribution in [3.63, 3.8) is 0 Å². The van der Waals surface area contributed by atoms with Crippen LogP contribution in [0.25, 0.3) is 10.2 Å². The number of thiazole rings is 1. The van der Waals surface area contributed by atoms with Crippen LogP contribution in [-0.2, 0) is 24.7 Å². The number of amides is 1. The van der Waals surface area contributed by atoms with Crippen LogP contribution >= 0.6 is 34.5 Å². The van der Waals surface area contributed by atoms with E-state index in [0.717, 1.165) is 17.0 Å². The molecule has 0 unspecified atom stereocenters. The van der Waals surface area contributed by atoms with Gasteiger partial charge in [0, 0.05) is 25.3 Å². The number of sulfonamides is 1. The van der Waals surface area contributed by atoms with Crippen molar-refractivity contribution in [2.75, 3.05) is 24.7 Å². The van der Waals surface area contributed by atoms with E-state index >= 15 is 0 Å². The van der Waals surface area contributed by atoms with Crippen molar-refractivity contribution in [1.82, 2.24) is 9.29 Å². The molecule has 1 amide bonds. The van der Waals surface area contributed by atoms with Crippen LogP contribution in [0.2, 0.25) is 10.0 Å². The quantitative estimate of drug-likeness (QED) is 0.515. The summed E-state index contributed by atoms with van der Waals surface area (Å²) in [6.07, 6.45) is 1.68. The van der Waals surface area contributed by atoms with Gasteiger partial charge in [0.2, 0.25) is 15.9 Å². The molecule has 1 aliphatic heterocycles. The molecule has 33 heavy (non-hydrogen) atoms. The molecule has 0 aliphatic carbocycles. The summed E-state index contributed by atoms with van der Waals surface area (Å²) in [6, 6.07) is 8.73. The van der Waals surface area contributed by atoms with Gasteiger partial charge in [-0.05, 0) is 43.2 Å². The summed E-state index contributed by atoms with van der Waals surface area (Å²) < 4.78 is 51.6. The first kappa shape index (κ1) is 24.4. The Morgan fingerprint density at radius 2 is 1.76 bits per heavy atom. The normalized spacial score (nSPS) is 16.2. The summed E-state index contributed by atoms with van der Waals surface area (Å²) in [4.78, 5) is 16.9. The Kier molecular flexibility index (Phi) is 6.74. The maximum Gasteiger partial charge on any atom is 0.243 e. The Morgan fingerprint density at radius 1 is 1.09 bits per heavy atom. The number of benzene rings is 2. The molecule has 0 bridgehead atoms. The number of carbonyl (C=O) groups is 1. The SMILES string of the molecule is CS(=O)(=O)c1cccc(S(=O)(=O)N2CCC(C(=O)Nc3nc4c(Cl)c(Cl)ccc4s3)CC2)c1. The van der Waals surface area contributed by atoms with Crippen molar-refractivity contribution >= 4 is 75.7 Å². The van der Waals surface area contributed by atoms with Crippen molar-refractivity contribution in [3.05, 3.63) is 46.4 Å². The molecule has 2 heterocycles. The number of carbonyl (C=O) groups excluding carboxylic acids is 1. The summed E-state index contributed by atoms with van der Waals surface area (Å²) in [6.45, 7) is 0.287. The molecular weight excluding hydrogens is 529 g/mol. The molecule has 0 spiro atoms. The van der Waals surface area contributed by atoms with Crippen LogP contribution in [0.1, 0.15) is 12.8 Å². The van der Waals surface area contributed by atoms with E-state index in [-0.39, 0.29) is 34.7 Å². The first-order valence-corrected chi connectivity index (χ1v) is 14.7. The lowest BCUT2D eigenvalue weighted by molar-refractivity contribution is -0.120. The molecular formula is C20H19Cl2N3O5S3. The number of nitrogens with zero attached hydrogens (tertiary/aromatic N) is 2. The van der Waals surface area contributed by atoms with E-state index < -0.39 is 19.9 Å². The highest BCUT2D eigenvalue weighted by molar-refractivity contribution is 7.91. The minimum atomic E-state index is -3.88. The second-order valence-electron chi connectivity index (χ2n) is 7.64. The zero-order chi connectivity index (χ0) is 24.0. The van der Waals surface area contributed by atoms with Crippen LogP contribution in [0, 0.1) is 5.92 Å². The van der Waals surface area contributed by atoms with E-state index in [1.54, 1.807) is 12.1 Å². The molecule has 1 saturated heterocycles. The first-order chi connectivity index (χ1) is 15.5. The number of nitrogens with one attached hydrogen (secondary N) is 1. The largest absolute Gasteiger partial charge is 0.302 e. The summed E-state index contributed by atoms with van der Waals surface area (Å²) >= 11 is 13.5. The lowest BCUT2D eigenvalue weighted by Crippen LogP contribution is -2.41. The van der Waals surface area contributed by atoms with Gasteiger partial charge in [0.1, 0.15) is 5.52 Å². The smallest absolute Gasteiger partial charge is 0.243 e. The van der Waals surface area contributed by atoms with E-state index in [9.17, 15) is 21.6 Å². The molecule has 1 aliphatic rings. The van der Waals surface area contributed by atoms with Crippen molar-refractivity contribution in [1.29, 1.82) is 0 Å². The van der Waals surface area contributed by atoms with Crippen LogP contribution in [-0.4, -0.2) is 51.4 Å². The zero-order valence-electron chi connectivity index (χ0n) is 17.3. The number of hydrogen-bond acceptors (Lipinski definition) is 7. The monoisotopic (exact) mass is 547 g/mol. The van der Waals surface area contributed by atoms with Gasteiger partial charge in [0.25, 0.3) is 0 Å². The zero-order valence-corrected chi connectivity index (χ0v) is 21.2. The Hall–Kier alpha value is -1.76. The van der Waals surface area contributed by atoms with E-state index in [1.807, 2.05) is 0 Å². The molecule has 176 valence electrons. The van der Waals surface area contributed by atoms with Crippen molar-refractivity contribution in [2.45, 2.75) is 22.6 Å². The van der Waals surface area contributed by atoms with E-state index in [2.05, 4.69) is 10.3 Å². The Bertz CT molecular complexity index is 1450. The number of piperidine rings is 1. The fourth-order valence-corrected chi connectivity index (χ4v) is 7.12. The Balaban J connectivity index is 1.43. The fraction of sp³-hybridized carbons (Fsp3) is 0.300. The highest BCUT2D eigenvalue weighted by Gasteiger charge is 2.33. The maximum atomic E-state index is 13.0. The number of sulfone groups is 1. The highest BCUT2D eigenvalue weighted by atomic mass is 35.5. The third kappa shape index (κ3) is 5.03. The van der Waals surface area contributed by atoms with Crippen LogP contribution in [0.15, 0.2) is 46.2 Å². The second kappa shape index (κ2) is 9.12. The lowest BCUT2D eigenvalue weighted by atomic mass is 9.97. The van der Waals surface area contributed by atoms with Gasteiger partial charge in [-0.1, -0.05) is 40.6 Å². The minimum absolute atomic E-state index is 0.0601. The molecule has 4 rings (SSSR count). The molecule has 8 nitrogen and oxygen atoms in total. The topological polar surface area (TPSA) is 114 Å². The van der Waals surface area contributed by atoms with Gasteiger partial charge in [0.15, 0.2) is 15.0 Å². The van der Waals surface area contributed by atoms with E-state index in [1.165, 1.54) is 33.8 Å². The third-order valence-corrected chi connectivity index (χ3v) is 10.1. The molecule has 1 aromatic heterocycles. The highest BCUT2D eigenvalue weighted by Crippen LogP contribution is 2.35.